The van der Waals surface area contributed by atoms with Crippen LogP contribution in [0, 0.1) is 0 Å². The monoisotopic (exact) mass is 475 g/mol. The van der Waals surface area contributed by atoms with E-state index in [4.69, 9.17) is 5.73 Å². The number of nitrogens with two attached hydrogens (primary N) is 1. The summed E-state index contributed by atoms with van der Waals surface area (Å²) in [5.74, 6) is 0.397. The number of nitrogens with one attached hydrogen (secondary N) is 1. The molecule has 0 fully saturated rings. The van der Waals surface area contributed by atoms with Crippen LogP contribution in [0.2, 0.25) is 0 Å². The molecule has 184 valence electrons. The van der Waals surface area contributed by atoms with Crippen molar-refractivity contribution in [1.29, 1.82) is 0 Å². The van der Waals surface area contributed by atoms with Gasteiger partial charge in [-0.05, 0) is 79.6 Å². The average molecular weight is 476 g/mol. The zero-order chi connectivity index (χ0) is 25.5. The van der Waals surface area contributed by atoms with Crippen LogP contribution in [-0.2, 0) is 18.3 Å². The number of H-pyrrole nitrogens is 1. The molecule has 0 radical (unpaired) electrons. The lowest BCUT2D eigenvalue weighted by Gasteiger charge is -2.38. The Hall–Kier alpha value is -3.59. The molecular weight excluding hydrogens is 442 g/mol. The van der Waals surface area contributed by atoms with Crippen molar-refractivity contribution in [2.24, 2.45) is 5.73 Å². The minimum Gasteiger partial charge on any atom is -0.345 e. The SMILES string of the molecule is CN(C)C(=O)c1ccc2c(c1)CCc1cc(C(=O)N(C)C)ccc1C2(CC(C)(C)N)c1nn[nH]n1. The lowest BCUT2D eigenvalue weighted by molar-refractivity contribution is 0.0820. The van der Waals surface area contributed by atoms with E-state index < -0.39 is 11.0 Å². The van der Waals surface area contributed by atoms with Gasteiger partial charge < -0.3 is 15.5 Å². The molecule has 2 aromatic carbocycles. The van der Waals surface area contributed by atoms with Crippen LogP contribution in [-0.4, -0.2) is 76.0 Å². The van der Waals surface area contributed by atoms with E-state index in [2.05, 4.69) is 20.6 Å². The molecule has 9 heteroatoms. The number of fused-ring (bicyclic) bond motifs is 2. The predicted octanol–water partition coefficient (Wildman–Crippen LogP) is 2.16. The highest BCUT2D eigenvalue weighted by atomic mass is 16.2. The van der Waals surface area contributed by atoms with Gasteiger partial charge in [-0.2, -0.15) is 5.21 Å². The van der Waals surface area contributed by atoms with E-state index in [9.17, 15) is 9.59 Å². The van der Waals surface area contributed by atoms with E-state index in [0.29, 0.717) is 36.2 Å². The molecule has 2 amide bonds. The Kier molecular flexibility index (Phi) is 6.23. The van der Waals surface area contributed by atoms with E-state index in [1.165, 1.54) is 0 Å². The van der Waals surface area contributed by atoms with Gasteiger partial charge in [0.2, 0.25) is 0 Å². The number of carbonyl (C=O) groups excluding carboxylic acids is 2. The Labute approximate surface area is 205 Å². The Balaban J connectivity index is 2.03. The number of rotatable bonds is 5. The molecule has 3 N–H and O–H groups in total. The number of amides is 2. The highest BCUT2D eigenvalue weighted by Crippen LogP contribution is 2.48. The van der Waals surface area contributed by atoms with Crippen LogP contribution in [0.1, 0.15) is 69.1 Å². The van der Waals surface area contributed by atoms with Gasteiger partial charge in [0.1, 0.15) is 0 Å². The van der Waals surface area contributed by atoms with E-state index in [-0.39, 0.29) is 11.8 Å². The molecule has 0 unspecified atom stereocenters. The summed E-state index contributed by atoms with van der Waals surface area (Å²) in [5, 5.41) is 15.4. The first kappa shape index (κ1) is 24.5. The fourth-order valence-corrected chi connectivity index (χ4v) is 5.17. The fourth-order valence-electron chi connectivity index (χ4n) is 5.17. The van der Waals surface area contributed by atoms with Crippen LogP contribution < -0.4 is 5.73 Å². The standard InChI is InChI=1S/C26H33N7O2/c1-25(2,27)15-26(24-28-30-31-29-24)20-11-9-18(22(34)32(3)4)13-16(20)7-8-17-14-19(10-12-21(17)26)23(35)33(5)6/h9-14H,7-8,15,27H2,1-6H3,(H,28,29,30,31). The fraction of sp³-hybridized carbons (Fsp3) is 0.423. The quantitative estimate of drug-likeness (QED) is 0.583. The van der Waals surface area contributed by atoms with Crippen LogP contribution >= 0.6 is 0 Å². The van der Waals surface area contributed by atoms with E-state index in [0.717, 1.165) is 22.3 Å². The van der Waals surface area contributed by atoms with Crippen molar-refractivity contribution in [2.75, 3.05) is 28.2 Å². The van der Waals surface area contributed by atoms with E-state index in [1.807, 2.05) is 50.2 Å². The number of hydrogen-bond acceptors (Lipinski definition) is 6. The van der Waals surface area contributed by atoms with Gasteiger partial charge in [0.15, 0.2) is 5.82 Å². The zero-order valence-corrected chi connectivity index (χ0v) is 21.2. The Bertz CT molecular complexity index is 1190. The van der Waals surface area contributed by atoms with Gasteiger partial charge in [-0.25, -0.2) is 0 Å². The number of aromatic nitrogens is 4. The molecule has 35 heavy (non-hydrogen) atoms. The molecule has 0 atom stereocenters. The molecule has 0 saturated carbocycles. The molecule has 3 aromatic rings. The minimum absolute atomic E-state index is 0.0576. The van der Waals surface area contributed by atoms with Crippen LogP contribution in [0.4, 0.5) is 0 Å². The summed E-state index contributed by atoms with van der Waals surface area (Å²) >= 11 is 0. The number of carbonyl (C=O) groups is 2. The van der Waals surface area contributed by atoms with Crippen molar-refractivity contribution in [2.45, 2.75) is 44.1 Å². The molecule has 0 bridgehead atoms. The van der Waals surface area contributed by atoms with Crippen molar-refractivity contribution >= 4 is 11.8 Å². The highest BCUT2D eigenvalue weighted by molar-refractivity contribution is 5.95. The molecule has 0 saturated heterocycles. The molecule has 1 aliphatic carbocycles. The summed E-state index contributed by atoms with van der Waals surface area (Å²) in [6.45, 7) is 3.96. The number of tetrazole rings is 1. The minimum atomic E-state index is -0.814. The second-order valence-electron chi connectivity index (χ2n) is 10.4. The highest BCUT2D eigenvalue weighted by Gasteiger charge is 2.47. The largest absolute Gasteiger partial charge is 0.345 e. The summed E-state index contributed by atoms with van der Waals surface area (Å²) in [5.41, 5.74) is 10.6. The number of nitrogens with zero attached hydrogens (tertiary/aromatic N) is 5. The average Bonchev–Trinajstić information content (AvgIpc) is 3.31. The van der Waals surface area contributed by atoms with Gasteiger partial charge in [0, 0.05) is 44.9 Å². The van der Waals surface area contributed by atoms with Gasteiger partial charge in [0.25, 0.3) is 11.8 Å². The zero-order valence-electron chi connectivity index (χ0n) is 21.2. The molecule has 4 rings (SSSR count). The van der Waals surface area contributed by atoms with Crippen molar-refractivity contribution < 1.29 is 9.59 Å². The Morgan fingerprint density at radius 1 is 0.943 bits per heavy atom. The maximum Gasteiger partial charge on any atom is 0.253 e. The third-order valence-corrected chi connectivity index (χ3v) is 6.55. The molecular formula is C26H33N7O2. The number of aryl methyl sites for hydroxylation is 2. The van der Waals surface area contributed by atoms with Crippen LogP contribution in [0.3, 0.4) is 0 Å². The van der Waals surface area contributed by atoms with Crippen LogP contribution in [0.5, 0.6) is 0 Å². The van der Waals surface area contributed by atoms with E-state index in [1.54, 1.807) is 38.0 Å². The van der Waals surface area contributed by atoms with Gasteiger partial charge in [-0.15, -0.1) is 10.2 Å². The molecule has 1 aromatic heterocycles. The molecule has 9 nitrogen and oxygen atoms in total. The lowest BCUT2D eigenvalue weighted by atomic mass is 9.65. The normalized spacial score (nSPS) is 14.5. The van der Waals surface area contributed by atoms with Crippen molar-refractivity contribution in [3.05, 3.63) is 75.6 Å². The summed E-state index contributed by atoms with van der Waals surface area (Å²) in [4.78, 5) is 28.7. The number of benzene rings is 2. The second kappa shape index (κ2) is 8.88. The molecule has 1 heterocycles. The Morgan fingerprint density at radius 2 is 1.43 bits per heavy atom. The molecule has 1 aliphatic rings. The molecule has 0 aliphatic heterocycles. The molecule has 0 spiro atoms. The third-order valence-electron chi connectivity index (χ3n) is 6.55. The van der Waals surface area contributed by atoms with Gasteiger partial charge in [-0.1, -0.05) is 17.3 Å². The summed E-state index contributed by atoms with van der Waals surface area (Å²) in [6, 6.07) is 11.6. The smallest absolute Gasteiger partial charge is 0.253 e. The first-order chi connectivity index (χ1) is 16.4. The van der Waals surface area contributed by atoms with Crippen LogP contribution in [0.15, 0.2) is 36.4 Å². The summed E-state index contributed by atoms with van der Waals surface area (Å²) < 4.78 is 0. The van der Waals surface area contributed by atoms with Crippen molar-refractivity contribution in [1.82, 2.24) is 30.4 Å². The third kappa shape index (κ3) is 4.43. The van der Waals surface area contributed by atoms with Gasteiger partial charge >= 0.3 is 0 Å². The lowest BCUT2D eigenvalue weighted by Crippen LogP contribution is -2.44. The first-order valence-electron chi connectivity index (χ1n) is 11.7. The number of hydrogen-bond donors (Lipinski definition) is 2. The van der Waals surface area contributed by atoms with E-state index >= 15 is 0 Å². The van der Waals surface area contributed by atoms with Gasteiger partial charge in [0.05, 0.1) is 5.41 Å². The number of aromatic amines is 1. The van der Waals surface area contributed by atoms with Crippen molar-refractivity contribution in [3.8, 4) is 0 Å². The first-order valence-corrected chi connectivity index (χ1v) is 11.7. The van der Waals surface area contributed by atoms with Gasteiger partial charge in [-0.3, -0.25) is 9.59 Å². The maximum atomic E-state index is 12.8. The van der Waals surface area contributed by atoms with Crippen LogP contribution in [0.25, 0.3) is 0 Å². The second-order valence-corrected chi connectivity index (χ2v) is 10.4. The summed E-state index contributed by atoms with van der Waals surface area (Å²) in [6.07, 6.45) is 1.89. The maximum absolute atomic E-state index is 12.8. The predicted molar refractivity (Wildman–Crippen MR) is 133 cm³/mol. The Morgan fingerprint density at radius 3 is 1.80 bits per heavy atom. The summed E-state index contributed by atoms with van der Waals surface area (Å²) in [7, 11) is 6.97. The van der Waals surface area contributed by atoms with Crippen molar-refractivity contribution in [3.63, 3.8) is 0 Å². The topological polar surface area (TPSA) is 121 Å².